The third kappa shape index (κ3) is 2.48. The summed E-state index contributed by atoms with van der Waals surface area (Å²) in [6.07, 6.45) is -0.110. The highest BCUT2D eigenvalue weighted by Crippen LogP contribution is 2.19. The fraction of sp³-hybridized carbons (Fsp3) is 0.364. The van der Waals surface area contributed by atoms with E-state index in [0.29, 0.717) is 10.6 Å². The van der Waals surface area contributed by atoms with Crippen molar-refractivity contribution in [3.05, 3.63) is 34.3 Å². The van der Waals surface area contributed by atoms with Gasteiger partial charge < -0.3 is 4.74 Å². The molecule has 1 aromatic rings. The number of hydrogen-bond donors (Lipinski definition) is 0. The van der Waals surface area contributed by atoms with Crippen LogP contribution in [0, 0.1) is 6.92 Å². The molecule has 1 rings (SSSR count). The van der Waals surface area contributed by atoms with E-state index in [1.165, 1.54) is 0 Å². The predicted molar refractivity (Wildman–Crippen MR) is 56.7 cm³/mol. The Morgan fingerprint density at radius 1 is 1.43 bits per heavy atom. The molecule has 0 aliphatic rings. The number of esters is 1. The summed E-state index contributed by atoms with van der Waals surface area (Å²) in [6, 6.07) is 5.21. The third-order valence-corrected chi connectivity index (χ3v) is 2.24. The Balaban J connectivity index is 2.96. The van der Waals surface area contributed by atoms with Gasteiger partial charge in [-0.15, -0.1) is 0 Å². The van der Waals surface area contributed by atoms with Gasteiger partial charge in [-0.2, -0.15) is 0 Å². The highest BCUT2D eigenvalue weighted by Gasteiger charge is 2.13. The second kappa shape index (κ2) is 4.47. The number of ether oxygens (including phenoxy) is 1. The van der Waals surface area contributed by atoms with E-state index < -0.39 is 0 Å². The summed E-state index contributed by atoms with van der Waals surface area (Å²) >= 11 is 5.89. The van der Waals surface area contributed by atoms with Gasteiger partial charge in [0.15, 0.2) is 0 Å². The van der Waals surface area contributed by atoms with Gasteiger partial charge >= 0.3 is 5.97 Å². The minimum atomic E-state index is -0.319. The van der Waals surface area contributed by atoms with Crippen molar-refractivity contribution in [3.8, 4) is 0 Å². The number of halogens is 1. The van der Waals surface area contributed by atoms with Crippen LogP contribution in [0.3, 0.4) is 0 Å². The van der Waals surface area contributed by atoms with Crippen molar-refractivity contribution in [2.45, 2.75) is 26.9 Å². The van der Waals surface area contributed by atoms with E-state index in [2.05, 4.69) is 0 Å². The Morgan fingerprint density at radius 2 is 2.07 bits per heavy atom. The van der Waals surface area contributed by atoms with Crippen LogP contribution in [0.4, 0.5) is 0 Å². The predicted octanol–water partition coefficient (Wildman–Crippen LogP) is 3.21. The van der Waals surface area contributed by atoms with Crippen molar-refractivity contribution in [2.24, 2.45) is 0 Å². The van der Waals surface area contributed by atoms with Crippen molar-refractivity contribution < 1.29 is 9.53 Å². The van der Waals surface area contributed by atoms with Gasteiger partial charge in [0.25, 0.3) is 0 Å². The Kier molecular flexibility index (Phi) is 3.53. The molecule has 0 amide bonds. The second-order valence-electron chi connectivity index (χ2n) is 3.37. The molecule has 0 N–H and O–H groups in total. The number of carbonyl (C=O) groups excluding carboxylic acids is 1. The molecule has 0 saturated heterocycles. The fourth-order valence-corrected chi connectivity index (χ4v) is 1.28. The van der Waals surface area contributed by atoms with E-state index in [1.54, 1.807) is 25.1 Å². The second-order valence-corrected chi connectivity index (χ2v) is 3.77. The maximum atomic E-state index is 11.5. The van der Waals surface area contributed by atoms with E-state index >= 15 is 0 Å². The summed E-state index contributed by atoms with van der Waals surface area (Å²) in [5.74, 6) is -0.319. The van der Waals surface area contributed by atoms with Crippen LogP contribution in [0.2, 0.25) is 5.02 Å². The molecule has 0 aromatic heterocycles. The topological polar surface area (TPSA) is 26.3 Å². The van der Waals surface area contributed by atoms with E-state index in [1.807, 2.05) is 13.8 Å². The van der Waals surface area contributed by atoms with Gasteiger partial charge in [-0.1, -0.05) is 17.7 Å². The number of benzene rings is 1. The normalized spacial score (nSPS) is 10.4. The first-order valence-electron chi connectivity index (χ1n) is 4.48. The van der Waals surface area contributed by atoms with Crippen LogP contribution in [0.1, 0.15) is 29.8 Å². The zero-order valence-electron chi connectivity index (χ0n) is 8.50. The van der Waals surface area contributed by atoms with Gasteiger partial charge in [-0.3, -0.25) is 0 Å². The van der Waals surface area contributed by atoms with Gasteiger partial charge in [-0.05, 0) is 38.5 Å². The van der Waals surface area contributed by atoms with Crippen LogP contribution in [0.15, 0.2) is 18.2 Å². The van der Waals surface area contributed by atoms with E-state index in [9.17, 15) is 4.79 Å². The van der Waals surface area contributed by atoms with Crippen LogP contribution in [-0.4, -0.2) is 12.1 Å². The quantitative estimate of drug-likeness (QED) is 0.704. The summed E-state index contributed by atoms with van der Waals surface area (Å²) in [5.41, 5.74) is 1.30. The molecule has 0 aliphatic carbocycles. The number of hydrogen-bond acceptors (Lipinski definition) is 2. The minimum Gasteiger partial charge on any atom is -0.459 e. The van der Waals surface area contributed by atoms with Gasteiger partial charge in [0, 0.05) is 5.02 Å². The van der Waals surface area contributed by atoms with E-state index in [-0.39, 0.29) is 12.1 Å². The first kappa shape index (κ1) is 11.1. The standard InChI is InChI=1S/C11H13ClO2/c1-7(2)14-11(13)9-5-4-6-10(12)8(9)3/h4-7H,1-3H3. The van der Waals surface area contributed by atoms with Crippen LogP contribution in [-0.2, 0) is 4.74 Å². The monoisotopic (exact) mass is 212 g/mol. The van der Waals surface area contributed by atoms with Crippen LogP contribution in [0.25, 0.3) is 0 Å². The largest absolute Gasteiger partial charge is 0.459 e. The van der Waals surface area contributed by atoms with Crippen molar-refractivity contribution in [1.82, 2.24) is 0 Å². The molecule has 0 fully saturated rings. The summed E-state index contributed by atoms with van der Waals surface area (Å²) in [5, 5.41) is 0.586. The number of carbonyl (C=O) groups is 1. The molecule has 0 unspecified atom stereocenters. The van der Waals surface area contributed by atoms with E-state index in [0.717, 1.165) is 5.56 Å². The molecule has 1 aromatic carbocycles. The Morgan fingerprint density at radius 3 is 2.64 bits per heavy atom. The molecular formula is C11H13ClO2. The van der Waals surface area contributed by atoms with Crippen molar-refractivity contribution in [2.75, 3.05) is 0 Å². The van der Waals surface area contributed by atoms with E-state index in [4.69, 9.17) is 16.3 Å². The summed E-state index contributed by atoms with van der Waals surface area (Å²) < 4.78 is 5.07. The molecule has 3 heteroatoms. The number of rotatable bonds is 2. The molecule has 0 saturated carbocycles. The lowest BCUT2D eigenvalue weighted by atomic mass is 10.1. The minimum absolute atomic E-state index is 0.110. The van der Waals surface area contributed by atoms with Gasteiger partial charge in [-0.25, -0.2) is 4.79 Å². The lowest BCUT2D eigenvalue weighted by Gasteiger charge is -2.10. The molecule has 0 atom stereocenters. The lowest BCUT2D eigenvalue weighted by molar-refractivity contribution is 0.0377. The molecule has 0 aliphatic heterocycles. The smallest absolute Gasteiger partial charge is 0.338 e. The van der Waals surface area contributed by atoms with Gasteiger partial charge in [0.05, 0.1) is 11.7 Å². The highest BCUT2D eigenvalue weighted by molar-refractivity contribution is 6.31. The Bertz CT molecular complexity index is 345. The highest BCUT2D eigenvalue weighted by atomic mass is 35.5. The average molecular weight is 213 g/mol. The Labute approximate surface area is 88.8 Å². The van der Waals surface area contributed by atoms with Crippen molar-refractivity contribution in [1.29, 1.82) is 0 Å². The molecular weight excluding hydrogens is 200 g/mol. The molecule has 76 valence electrons. The summed E-state index contributed by atoms with van der Waals surface area (Å²) in [4.78, 5) is 11.5. The molecule has 0 heterocycles. The first-order valence-corrected chi connectivity index (χ1v) is 4.86. The first-order chi connectivity index (χ1) is 6.52. The molecule has 2 nitrogen and oxygen atoms in total. The fourth-order valence-electron chi connectivity index (χ4n) is 1.11. The maximum absolute atomic E-state index is 11.5. The maximum Gasteiger partial charge on any atom is 0.338 e. The van der Waals surface area contributed by atoms with Crippen molar-refractivity contribution in [3.63, 3.8) is 0 Å². The lowest BCUT2D eigenvalue weighted by Crippen LogP contribution is -2.12. The average Bonchev–Trinajstić information content (AvgIpc) is 2.08. The molecule has 0 radical (unpaired) electrons. The third-order valence-electron chi connectivity index (χ3n) is 1.83. The van der Waals surface area contributed by atoms with Gasteiger partial charge in [0.2, 0.25) is 0 Å². The van der Waals surface area contributed by atoms with Crippen LogP contribution < -0.4 is 0 Å². The molecule has 0 spiro atoms. The zero-order chi connectivity index (χ0) is 10.7. The summed E-state index contributed by atoms with van der Waals surface area (Å²) in [7, 11) is 0. The SMILES string of the molecule is Cc1c(Cl)cccc1C(=O)OC(C)C. The van der Waals surface area contributed by atoms with Gasteiger partial charge in [0.1, 0.15) is 0 Å². The Hall–Kier alpha value is -1.02. The zero-order valence-corrected chi connectivity index (χ0v) is 9.26. The molecule has 0 bridgehead atoms. The summed E-state index contributed by atoms with van der Waals surface area (Å²) in [6.45, 7) is 5.44. The van der Waals surface area contributed by atoms with Crippen LogP contribution in [0.5, 0.6) is 0 Å². The van der Waals surface area contributed by atoms with Crippen LogP contribution >= 0.6 is 11.6 Å². The molecule has 14 heavy (non-hydrogen) atoms. The van der Waals surface area contributed by atoms with Crippen molar-refractivity contribution >= 4 is 17.6 Å².